The maximum Gasteiger partial charge on any atom is 0.416 e. The number of hydrogen-bond acceptors (Lipinski definition) is 5. The van der Waals surface area contributed by atoms with Crippen LogP contribution in [0.2, 0.25) is 0 Å². The van der Waals surface area contributed by atoms with Gasteiger partial charge in [-0.1, -0.05) is 6.92 Å². The molecule has 1 aromatic carbocycles. The molecule has 8 heteroatoms. The number of nitrogens with one attached hydrogen (secondary N) is 1. The second-order valence-corrected chi connectivity index (χ2v) is 6.21. The van der Waals surface area contributed by atoms with Gasteiger partial charge in [-0.05, 0) is 49.7 Å². The van der Waals surface area contributed by atoms with Crippen molar-refractivity contribution in [1.82, 2.24) is 9.97 Å². The van der Waals surface area contributed by atoms with E-state index in [1.54, 1.807) is 12.1 Å². The third kappa shape index (κ3) is 4.21. The zero-order valence-electron chi connectivity index (χ0n) is 15.3. The standard InChI is InChI=1S/C20H18F3N3O2/c1-3-10-28-19(27)16-11-24-18-15(9-4-12(2)25-18)17(16)26-14-7-5-13(6-8-14)20(21,22)23/h4-9,11H,3,10H2,1-2H3,(H,24,25,26). The van der Waals surface area contributed by atoms with Gasteiger partial charge < -0.3 is 10.1 Å². The lowest BCUT2D eigenvalue weighted by Crippen LogP contribution is -2.10. The molecule has 0 radical (unpaired) electrons. The van der Waals surface area contributed by atoms with Crippen molar-refractivity contribution < 1.29 is 22.7 Å². The molecule has 0 amide bonds. The van der Waals surface area contributed by atoms with Crippen LogP contribution in [-0.2, 0) is 10.9 Å². The van der Waals surface area contributed by atoms with Gasteiger partial charge in [-0.3, -0.25) is 0 Å². The van der Waals surface area contributed by atoms with Crippen molar-refractivity contribution in [2.24, 2.45) is 0 Å². The zero-order valence-corrected chi connectivity index (χ0v) is 15.3. The largest absolute Gasteiger partial charge is 0.462 e. The third-order valence-electron chi connectivity index (χ3n) is 4.01. The molecule has 0 atom stereocenters. The highest BCUT2D eigenvalue weighted by molar-refractivity contribution is 6.05. The van der Waals surface area contributed by atoms with Gasteiger partial charge in [0.2, 0.25) is 0 Å². The molecule has 0 aliphatic carbocycles. The molecule has 0 aliphatic heterocycles. The number of aryl methyl sites for hydroxylation is 1. The summed E-state index contributed by atoms with van der Waals surface area (Å²) in [5.41, 5.74) is 1.39. The number of fused-ring (bicyclic) bond motifs is 1. The Kier molecular flexibility index (Phi) is 5.48. The number of benzene rings is 1. The fraction of sp³-hybridized carbons (Fsp3) is 0.250. The van der Waals surface area contributed by atoms with Crippen molar-refractivity contribution in [3.63, 3.8) is 0 Å². The molecule has 0 saturated carbocycles. The SMILES string of the molecule is CCCOC(=O)c1cnc2nc(C)ccc2c1Nc1ccc(C(F)(F)F)cc1. The molecule has 0 aliphatic rings. The molecule has 0 unspecified atom stereocenters. The van der Waals surface area contributed by atoms with Gasteiger partial charge in [0.15, 0.2) is 5.65 Å². The maximum absolute atomic E-state index is 12.8. The number of alkyl halides is 3. The summed E-state index contributed by atoms with van der Waals surface area (Å²) < 4.78 is 43.6. The normalized spacial score (nSPS) is 11.5. The summed E-state index contributed by atoms with van der Waals surface area (Å²) in [6, 6.07) is 8.08. The quantitative estimate of drug-likeness (QED) is 0.603. The van der Waals surface area contributed by atoms with E-state index in [4.69, 9.17) is 4.74 Å². The Bertz CT molecular complexity index is 1000. The van der Waals surface area contributed by atoms with Crippen LogP contribution in [0.4, 0.5) is 24.5 Å². The van der Waals surface area contributed by atoms with E-state index in [1.807, 2.05) is 13.8 Å². The predicted molar refractivity (Wildman–Crippen MR) is 99.6 cm³/mol. The van der Waals surface area contributed by atoms with Gasteiger partial charge in [-0.25, -0.2) is 14.8 Å². The number of hydrogen-bond donors (Lipinski definition) is 1. The van der Waals surface area contributed by atoms with Gasteiger partial charge in [0.25, 0.3) is 0 Å². The number of carbonyl (C=O) groups excluding carboxylic acids is 1. The van der Waals surface area contributed by atoms with Gasteiger partial charge in [0.1, 0.15) is 5.56 Å². The van der Waals surface area contributed by atoms with Crippen LogP contribution < -0.4 is 5.32 Å². The van der Waals surface area contributed by atoms with Crippen LogP contribution in [-0.4, -0.2) is 22.5 Å². The van der Waals surface area contributed by atoms with E-state index in [-0.39, 0.29) is 12.2 Å². The summed E-state index contributed by atoms with van der Waals surface area (Å²) in [5, 5.41) is 3.59. The summed E-state index contributed by atoms with van der Waals surface area (Å²) in [5.74, 6) is -0.564. The Morgan fingerprint density at radius 3 is 2.50 bits per heavy atom. The van der Waals surface area contributed by atoms with Crippen molar-refractivity contribution >= 4 is 28.4 Å². The highest BCUT2D eigenvalue weighted by Crippen LogP contribution is 2.32. The number of pyridine rings is 2. The van der Waals surface area contributed by atoms with Crippen molar-refractivity contribution in [1.29, 1.82) is 0 Å². The third-order valence-corrected chi connectivity index (χ3v) is 4.01. The number of esters is 1. The van der Waals surface area contributed by atoms with Crippen molar-refractivity contribution in [2.45, 2.75) is 26.4 Å². The molecule has 2 heterocycles. The predicted octanol–water partition coefficient (Wildman–Crippen LogP) is 5.27. The van der Waals surface area contributed by atoms with Crippen LogP contribution in [0.3, 0.4) is 0 Å². The lowest BCUT2D eigenvalue weighted by Gasteiger charge is -2.15. The molecule has 0 spiro atoms. The van der Waals surface area contributed by atoms with Crippen molar-refractivity contribution in [3.05, 3.63) is 59.4 Å². The van der Waals surface area contributed by atoms with Crippen LogP contribution in [0.5, 0.6) is 0 Å². The highest BCUT2D eigenvalue weighted by Gasteiger charge is 2.30. The van der Waals surface area contributed by atoms with Gasteiger partial charge in [-0.2, -0.15) is 13.2 Å². The molecule has 5 nitrogen and oxygen atoms in total. The number of nitrogens with zero attached hydrogens (tertiary/aromatic N) is 2. The molecule has 3 aromatic rings. The lowest BCUT2D eigenvalue weighted by atomic mass is 10.1. The summed E-state index contributed by atoms with van der Waals surface area (Å²) in [7, 11) is 0. The molecule has 0 fully saturated rings. The number of halogens is 3. The van der Waals surface area contributed by atoms with E-state index < -0.39 is 17.7 Å². The first-order valence-electron chi connectivity index (χ1n) is 8.67. The van der Waals surface area contributed by atoms with E-state index in [9.17, 15) is 18.0 Å². The number of rotatable bonds is 5. The van der Waals surface area contributed by atoms with E-state index in [0.717, 1.165) is 17.8 Å². The molecular weight excluding hydrogens is 371 g/mol. The zero-order chi connectivity index (χ0) is 20.3. The van der Waals surface area contributed by atoms with Crippen molar-refractivity contribution in [3.8, 4) is 0 Å². The van der Waals surface area contributed by atoms with Gasteiger partial charge in [-0.15, -0.1) is 0 Å². The molecular formula is C20H18F3N3O2. The summed E-state index contributed by atoms with van der Waals surface area (Å²) >= 11 is 0. The Morgan fingerprint density at radius 2 is 1.86 bits per heavy atom. The number of ether oxygens (including phenoxy) is 1. The Morgan fingerprint density at radius 1 is 1.14 bits per heavy atom. The molecule has 2 aromatic heterocycles. The summed E-state index contributed by atoms with van der Waals surface area (Å²) in [6.45, 7) is 3.94. The van der Waals surface area contributed by atoms with Gasteiger partial charge in [0, 0.05) is 23.0 Å². The Labute approximate surface area is 159 Å². The average molecular weight is 389 g/mol. The Hall–Kier alpha value is -3.16. The van der Waals surface area contributed by atoms with Crippen LogP contribution in [0.1, 0.15) is 35.0 Å². The van der Waals surface area contributed by atoms with Crippen molar-refractivity contribution in [2.75, 3.05) is 11.9 Å². The van der Waals surface area contributed by atoms with Crippen LogP contribution in [0.25, 0.3) is 11.0 Å². The monoisotopic (exact) mass is 389 g/mol. The second-order valence-electron chi connectivity index (χ2n) is 6.21. The number of anilines is 2. The van der Waals surface area contributed by atoms with E-state index in [0.29, 0.717) is 28.8 Å². The molecule has 1 N–H and O–H groups in total. The molecule has 146 valence electrons. The van der Waals surface area contributed by atoms with Crippen LogP contribution in [0, 0.1) is 6.92 Å². The van der Waals surface area contributed by atoms with Crippen LogP contribution >= 0.6 is 0 Å². The van der Waals surface area contributed by atoms with Gasteiger partial charge in [0.05, 0.1) is 17.9 Å². The molecule has 0 saturated heterocycles. The first kappa shape index (κ1) is 19.6. The smallest absolute Gasteiger partial charge is 0.416 e. The average Bonchev–Trinajstić information content (AvgIpc) is 2.65. The second kappa shape index (κ2) is 7.84. The molecule has 0 bridgehead atoms. The fourth-order valence-corrected chi connectivity index (χ4v) is 2.62. The minimum Gasteiger partial charge on any atom is -0.462 e. The highest BCUT2D eigenvalue weighted by atomic mass is 19.4. The minimum absolute atomic E-state index is 0.187. The minimum atomic E-state index is -4.42. The summed E-state index contributed by atoms with van der Waals surface area (Å²) in [4.78, 5) is 21.0. The van der Waals surface area contributed by atoms with Gasteiger partial charge >= 0.3 is 12.1 Å². The lowest BCUT2D eigenvalue weighted by molar-refractivity contribution is -0.137. The topological polar surface area (TPSA) is 64.1 Å². The first-order valence-corrected chi connectivity index (χ1v) is 8.67. The summed E-state index contributed by atoms with van der Waals surface area (Å²) in [6.07, 6.45) is -2.40. The fourth-order valence-electron chi connectivity index (χ4n) is 2.62. The van der Waals surface area contributed by atoms with E-state index >= 15 is 0 Å². The number of carbonyl (C=O) groups is 1. The Balaban J connectivity index is 2.04. The molecule has 3 rings (SSSR count). The van der Waals surface area contributed by atoms with Crippen LogP contribution in [0.15, 0.2) is 42.6 Å². The maximum atomic E-state index is 12.8. The van der Waals surface area contributed by atoms with E-state index in [2.05, 4.69) is 15.3 Å². The molecule has 28 heavy (non-hydrogen) atoms. The first-order chi connectivity index (χ1) is 13.3. The van der Waals surface area contributed by atoms with E-state index in [1.165, 1.54) is 18.3 Å². The number of aromatic nitrogens is 2.